The molecule has 76 valence electrons. The molecule has 1 aliphatic rings. The molecule has 0 saturated heterocycles. The van der Waals surface area contributed by atoms with E-state index in [1.807, 2.05) is 18.2 Å². The molecule has 2 heterocycles. The Labute approximate surface area is 85.5 Å². The SMILES string of the molecule is O=c1oc2ccccc2c2c1CNCO2. The molecule has 4 nitrogen and oxygen atoms in total. The maximum atomic E-state index is 11.6. The van der Waals surface area contributed by atoms with Crippen molar-refractivity contribution in [3.8, 4) is 5.75 Å². The molecular formula is C11H9NO3. The van der Waals surface area contributed by atoms with Gasteiger partial charge in [0, 0.05) is 6.54 Å². The van der Waals surface area contributed by atoms with Crippen LogP contribution in [-0.2, 0) is 6.54 Å². The number of nitrogens with one attached hydrogen (secondary N) is 1. The molecule has 0 amide bonds. The fourth-order valence-corrected chi connectivity index (χ4v) is 1.78. The highest BCUT2D eigenvalue weighted by Gasteiger charge is 2.18. The number of hydrogen-bond donors (Lipinski definition) is 1. The highest BCUT2D eigenvalue weighted by atomic mass is 16.5. The lowest BCUT2D eigenvalue weighted by molar-refractivity contribution is 0.255. The molecule has 1 aromatic heterocycles. The predicted molar refractivity (Wildman–Crippen MR) is 54.8 cm³/mol. The molecular weight excluding hydrogens is 194 g/mol. The third-order valence-corrected chi connectivity index (χ3v) is 2.48. The molecule has 15 heavy (non-hydrogen) atoms. The van der Waals surface area contributed by atoms with Crippen LogP contribution < -0.4 is 15.7 Å². The van der Waals surface area contributed by atoms with Crippen LogP contribution in [0.3, 0.4) is 0 Å². The summed E-state index contributed by atoms with van der Waals surface area (Å²) in [5, 5.41) is 3.82. The standard InChI is InChI=1S/C11H9NO3/c13-11-8-5-12-6-14-10(8)7-3-1-2-4-9(7)15-11/h1-4,12H,5-6H2. The minimum absolute atomic E-state index is 0.323. The first-order chi connectivity index (χ1) is 7.36. The van der Waals surface area contributed by atoms with E-state index in [0.717, 1.165) is 5.39 Å². The normalized spacial score (nSPS) is 14.7. The van der Waals surface area contributed by atoms with Crippen LogP contribution in [0.5, 0.6) is 5.75 Å². The van der Waals surface area contributed by atoms with Crippen LogP contribution in [0.4, 0.5) is 0 Å². The van der Waals surface area contributed by atoms with Crippen molar-refractivity contribution in [3.63, 3.8) is 0 Å². The quantitative estimate of drug-likeness (QED) is 0.654. The molecule has 1 aromatic carbocycles. The van der Waals surface area contributed by atoms with E-state index in [2.05, 4.69) is 5.32 Å². The topological polar surface area (TPSA) is 51.5 Å². The summed E-state index contributed by atoms with van der Waals surface area (Å²) in [5.41, 5.74) is 0.819. The van der Waals surface area contributed by atoms with Crippen molar-refractivity contribution in [1.82, 2.24) is 5.32 Å². The number of ether oxygens (including phenoxy) is 1. The molecule has 4 heteroatoms. The second-order valence-corrected chi connectivity index (χ2v) is 3.41. The highest BCUT2D eigenvalue weighted by molar-refractivity contribution is 5.84. The van der Waals surface area contributed by atoms with Crippen LogP contribution in [0.1, 0.15) is 5.56 Å². The van der Waals surface area contributed by atoms with Gasteiger partial charge < -0.3 is 9.15 Å². The summed E-state index contributed by atoms with van der Waals surface area (Å²) < 4.78 is 10.6. The molecule has 0 unspecified atom stereocenters. The molecule has 0 fully saturated rings. The van der Waals surface area contributed by atoms with Crippen LogP contribution in [0.15, 0.2) is 33.5 Å². The second kappa shape index (κ2) is 3.10. The Balaban J connectivity index is 2.44. The Morgan fingerprint density at radius 3 is 3.07 bits per heavy atom. The van der Waals surface area contributed by atoms with E-state index in [-0.39, 0.29) is 5.63 Å². The smallest absolute Gasteiger partial charge is 0.344 e. The Morgan fingerprint density at radius 1 is 1.27 bits per heavy atom. The number of hydrogen-bond acceptors (Lipinski definition) is 4. The van der Waals surface area contributed by atoms with E-state index in [9.17, 15) is 4.79 Å². The number of para-hydroxylation sites is 1. The zero-order chi connectivity index (χ0) is 10.3. The maximum absolute atomic E-state index is 11.6. The molecule has 0 atom stereocenters. The highest BCUT2D eigenvalue weighted by Crippen LogP contribution is 2.28. The summed E-state index contributed by atoms with van der Waals surface area (Å²) in [4.78, 5) is 11.6. The first-order valence-electron chi connectivity index (χ1n) is 4.74. The van der Waals surface area contributed by atoms with E-state index >= 15 is 0 Å². The van der Waals surface area contributed by atoms with Gasteiger partial charge in [-0.2, -0.15) is 0 Å². The average molecular weight is 203 g/mol. The van der Waals surface area contributed by atoms with Crippen molar-refractivity contribution in [2.75, 3.05) is 6.73 Å². The molecule has 0 bridgehead atoms. The van der Waals surface area contributed by atoms with E-state index in [4.69, 9.17) is 9.15 Å². The predicted octanol–water partition coefficient (Wildman–Crippen LogP) is 1.23. The van der Waals surface area contributed by atoms with Gasteiger partial charge in [0.05, 0.1) is 10.9 Å². The third kappa shape index (κ3) is 1.22. The largest absolute Gasteiger partial charge is 0.477 e. The minimum Gasteiger partial charge on any atom is -0.477 e. The number of fused-ring (bicyclic) bond motifs is 3. The summed E-state index contributed by atoms with van der Waals surface area (Å²) in [5.74, 6) is 0.653. The zero-order valence-electron chi connectivity index (χ0n) is 7.95. The van der Waals surface area contributed by atoms with Gasteiger partial charge in [-0.15, -0.1) is 0 Å². The van der Waals surface area contributed by atoms with Gasteiger partial charge in [0.2, 0.25) is 0 Å². The Morgan fingerprint density at radius 2 is 2.13 bits per heavy atom. The second-order valence-electron chi connectivity index (χ2n) is 3.41. The summed E-state index contributed by atoms with van der Waals surface area (Å²) in [6.07, 6.45) is 0. The van der Waals surface area contributed by atoms with Crippen LogP contribution >= 0.6 is 0 Å². The van der Waals surface area contributed by atoms with Crippen molar-refractivity contribution < 1.29 is 9.15 Å². The van der Waals surface area contributed by atoms with E-state index in [1.54, 1.807) is 6.07 Å². The van der Waals surface area contributed by atoms with Crippen molar-refractivity contribution in [3.05, 3.63) is 40.2 Å². The molecule has 0 aliphatic carbocycles. The van der Waals surface area contributed by atoms with Gasteiger partial charge >= 0.3 is 5.63 Å². The summed E-state index contributed by atoms with van der Waals surface area (Å²) in [7, 11) is 0. The lowest BCUT2D eigenvalue weighted by Gasteiger charge is -2.18. The van der Waals surface area contributed by atoms with Crippen LogP contribution in [0.2, 0.25) is 0 Å². The summed E-state index contributed by atoms with van der Waals surface area (Å²) >= 11 is 0. The molecule has 1 aliphatic heterocycles. The van der Waals surface area contributed by atoms with Gasteiger partial charge in [0.15, 0.2) is 0 Å². The minimum atomic E-state index is -0.323. The summed E-state index contributed by atoms with van der Waals surface area (Å²) in [6.45, 7) is 0.933. The zero-order valence-corrected chi connectivity index (χ0v) is 7.95. The molecule has 3 rings (SSSR count). The monoisotopic (exact) mass is 203 g/mol. The van der Waals surface area contributed by atoms with Gasteiger partial charge in [0.1, 0.15) is 18.1 Å². The summed E-state index contributed by atoms with van der Waals surface area (Å²) in [6, 6.07) is 7.39. The number of rotatable bonds is 0. The van der Waals surface area contributed by atoms with Crippen LogP contribution in [0.25, 0.3) is 11.0 Å². The third-order valence-electron chi connectivity index (χ3n) is 2.48. The maximum Gasteiger partial charge on any atom is 0.344 e. The van der Waals surface area contributed by atoms with Gasteiger partial charge in [-0.05, 0) is 12.1 Å². The average Bonchev–Trinajstić information content (AvgIpc) is 2.30. The van der Waals surface area contributed by atoms with Crippen molar-refractivity contribution in [1.29, 1.82) is 0 Å². The van der Waals surface area contributed by atoms with Crippen molar-refractivity contribution in [2.45, 2.75) is 6.54 Å². The lowest BCUT2D eigenvalue weighted by atomic mass is 10.1. The Bertz CT molecular complexity index is 574. The number of benzene rings is 1. The Hall–Kier alpha value is -1.81. The molecule has 1 N–H and O–H groups in total. The Kier molecular flexibility index (Phi) is 1.76. The molecule has 0 spiro atoms. The molecule has 2 aromatic rings. The van der Waals surface area contributed by atoms with Crippen molar-refractivity contribution >= 4 is 11.0 Å². The first-order valence-corrected chi connectivity index (χ1v) is 4.74. The van der Waals surface area contributed by atoms with Gasteiger partial charge in [-0.25, -0.2) is 4.79 Å². The molecule has 0 radical (unpaired) electrons. The molecule has 0 saturated carbocycles. The van der Waals surface area contributed by atoms with Gasteiger partial charge in [-0.1, -0.05) is 12.1 Å². The van der Waals surface area contributed by atoms with Crippen molar-refractivity contribution in [2.24, 2.45) is 0 Å². The van der Waals surface area contributed by atoms with Gasteiger partial charge in [0.25, 0.3) is 0 Å². The van der Waals surface area contributed by atoms with Gasteiger partial charge in [-0.3, -0.25) is 5.32 Å². The van der Waals surface area contributed by atoms with E-state index in [0.29, 0.717) is 30.2 Å². The van der Waals surface area contributed by atoms with E-state index < -0.39 is 0 Å². The van der Waals surface area contributed by atoms with Crippen LogP contribution in [-0.4, -0.2) is 6.73 Å². The fourth-order valence-electron chi connectivity index (χ4n) is 1.78. The van der Waals surface area contributed by atoms with Crippen LogP contribution in [0, 0.1) is 0 Å². The first kappa shape index (κ1) is 8.49. The van der Waals surface area contributed by atoms with E-state index in [1.165, 1.54) is 0 Å². The fraction of sp³-hybridized carbons (Fsp3) is 0.182. The lowest BCUT2D eigenvalue weighted by Crippen LogP contribution is -2.29.